The second kappa shape index (κ2) is 6.69. The number of benzene rings is 1. The number of nitrogens with zero attached hydrogens (tertiary/aromatic N) is 3. The molecule has 0 N–H and O–H groups in total. The third-order valence-corrected chi connectivity index (χ3v) is 5.36. The van der Waals surface area contributed by atoms with E-state index in [1.54, 1.807) is 6.07 Å². The Morgan fingerprint density at radius 3 is 2.67 bits per heavy atom. The Hall–Kier alpha value is -2.31. The first-order valence-electron chi connectivity index (χ1n) is 9.39. The highest BCUT2D eigenvalue weighted by atomic mass is 19.4. The number of rotatable bonds is 3. The second-order valence-corrected chi connectivity index (χ2v) is 7.68. The van der Waals surface area contributed by atoms with Gasteiger partial charge in [0.05, 0.1) is 28.7 Å². The summed E-state index contributed by atoms with van der Waals surface area (Å²) in [6, 6.07) is 5.12. The van der Waals surface area contributed by atoms with Gasteiger partial charge in [-0.1, -0.05) is 13.0 Å². The zero-order valence-electron chi connectivity index (χ0n) is 15.2. The lowest BCUT2D eigenvalue weighted by atomic mass is 9.99. The van der Waals surface area contributed by atoms with Crippen molar-refractivity contribution in [3.8, 4) is 5.69 Å². The van der Waals surface area contributed by atoms with Gasteiger partial charge < -0.3 is 4.90 Å². The molecule has 2 aliphatic rings. The maximum absolute atomic E-state index is 13.1. The van der Waals surface area contributed by atoms with Crippen LogP contribution in [0.5, 0.6) is 0 Å². The van der Waals surface area contributed by atoms with E-state index in [4.69, 9.17) is 0 Å². The maximum Gasteiger partial charge on any atom is 0.416 e. The molecular weight excluding hydrogens is 355 g/mol. The van der Waals surface area contributed by atoms with Gasteiger partial charge in [-0.3, -0.25) is 4.79 Å². The second-order valence-electron chi connectivity index (χ2n) is 7.68. The summed E-state index contributed by atoms with van der Waals surface area (Å²) in [4.78, 5) is 14.9. The van der Waals surface area contributed by atoms with Crippen LogP contribution in [0.1, 0.15) is 60.1 Å². The Labute approximate surface area is 156 Å². The van der Waals surface area contributed by atoms with E-state index in [0.717, 1.165) is 56.6 Å². The molecule has 4 nitrogen and oxygen atoms in total. The molecule has 0 radical (unpaired) electrons. The van der Waals surface area contributed by atoms with Gasteiger partial charge >= 0.3 is 6.18 Å². The topological polar surface area (TPSA) is 38.1 Å². The molecule has 1 saturated heterocycles. The van der Waals surface area contributed by atoms with Crippen LogP contribution in [-0.2, 0) is 6.18 Å². The first kappa shape index (κ1) is 18.1. The summed E-state index contributed by atoms with van der Waals surface area (Å²) in [6.07, 6.45) is 1.07. The van der Waals surface area contributed by atoms with Crippen molar-refractivity contribution in [3.63, 3.8) is 0 Å². The van der Waals surface area contributed by atoms with Gasteiger partial charge in [0.1, 0.15) is 0 Å². The molecule has 4 rings (SSSR count). The normalized spacial score (nSPS) is 20.7. The largest absolute Gasteiger partial charge is 0.416 e. The average molecular weight is 377 g/mol. The third kappa shape index (κ3) is 3.59. The van der Waals surface area contributed by atoms with Gasteiger partial charge in [-0.25, -0.2) is 4.68 Å². The fourth-order valence-corrected chi connectivity index (χ4v) is 3.84. The van der Waals surface area contributed by atoms with Gasteiger partial charge in [-0.2, -0.15) is 18.3 Å². The lowest BCUT2D eigenvalue weighted by Crippen LogP contribution is -2.39. The molecule has 7 heteroatoms. The van der Waals surface area contributed by atoms with E-state index in [-0.39, 0.29) is 11.8 Å². The Kier molecular flexibility index (Phi) is 4.48. The maximum atomic E-state index is 13.1. The van der Waals surface area contributed by atoms with Crippen LogP contribution in [0.4, 0.5) is 13.2 Å². The van der Waals surface area contributed by atoms with Crippen molar-refractivity contribution in [2.45, 2.75) is 44.7 Å². The Morgan fingerprint density at radius 2 is 2.00 bits per heavy atom. The number of amides is 1. The third-order valence-electron chi connectivity index (χ3n) is 5.36. The lowest BCUT2D eigenvalue weighted by Gasteiger charge is -2.31. The Morgan fingerprint density at radius 1 is 1.22 bits per heavy atom. The van der Waals surface area contributed by atoms with Crippen LogP contribution in [-0.4, -0.2) is 33.7 Å². The van der Waals surface area contributed by atoms with Crippen LogP contribution in [0.15, 0.2) is 30.5 Å². The van der Waals surface area contributed by atoms with Crippen LogP contribution < -0.4 is 0 Å². The highest BCUT2D eigenvalue weighted by Crippen LogP contribution is 2.43. The van der Waals surface area contributed by atoms with E-state index in [0.29, 0.717) is 17.2 Å². The van der Waals surface area contributed by atoms with Crippen LogP contribution >= 0.6 is 0 Å². The molecule has 1 saturated carbocycles. The zero-order valence-corrected chi connectivity index (χ0v) is 15.2. The van der Waals surface area contributed by atoms with E-state index in [9.17, 15) is 18.0 Å². The Bertz CT molecular complexity index is 854. The Balaban J connectivity index is 1.71. The van der Waals surface area contributed by atoms with Gasteiger partial charge in [0.2, 0.25) is 0 Å². The minimum atomic E-state index is -4.41. The number of carbonyl (C=O) groups is 1. The highest BCUT2D eigenvalue weighted by Gasteiger charge is 2.36. The number of alkyl halides is 3. The fraction of sp³-hybridized carbons (Fsp3) is 0.500. The summed E-state index contributed by atoms with van der Waals surface area (Å²) < 4.78 is 40.8. The summed E-state index contributed by atoms with van der Waals surface area (Å²) in [5.74, 6) is 0.593. The summed E-state index contributed by atoms with van der Waals surface area (Å²) in [6.45, 7) is 3.58. The molecule has 0 bridgehead atoms. The van der Waals surface area contributed by atoms with E-state index in [1.807, 2.05) is 4.90 Å². The molecule has 2 fully saturated rings. The molecule has 0 unspecified atom stereocenters. The molecular formula is C20H22F3N3O. The molecule has 2 heterocycles. The molecule has 27 heavy (non-hydrogen) atoms. The number of hydrogen-bond donors (Lipinski definition) is 0. The molecule has 1 aromatic carbocycles. The molecule has 1 aliphatic heterocycles. The number of hydrogen-bond acceptors (Lipinski definition) is 2. The molecule has 1 aliphatic carbocycles. The van der Waals surface area contributed by atoms with Crippen molar-refractivity contribution in [1.82, 2.24) is 14.7 Å². The standard InChI is InChI=1S/C20H22F3N3O/c1-13-4-3-9-25(12-13)19(27)17-11-24-26(18(17)14-7-8-14)16-6-2-5-15(10-16)20(21,22)23/h2,5-6,10-11,13-14H,3-4,7-9,12H2,1H3/t13-/m1/s1. The first-order valence-corrected chi connectivity index (χ1v) is 9.39. The van der Waals surface area contributed by atoms with Crippen LogP contribution in [0.25, 0.3) is 5.69 Å². The van der Waals surface area contributed by atoms with E-state index in [2.05, 4.69) is 12.0 Å². The SMILES string of the molecule is C[C@@H]1CCCN(C(=O)c2cnn(-c3cccc(C(F)(F)F)c3)c2C2CC2)C1. The van der Waals surface area contributed by atoms with Gasteiger partial charge in [0, 0.05) is 19.0 Å². The molecule has 1 amide bonds. The van der Waals surface area contributed by atoms with Crippen molar-refractivity contribution < 1.29 is 18.0 Å². The van der Waals surface area contributed by atoms with Crippen molar-refractivity contribution in [2.75, 3.05) is 13.1 Å². The number of piperidine rings is 1. The zero-order chi connectivity index (χ0) is 19.2. The van der Waals surface area contributed by atoms with Crippen molar-refractivity contribution in [1.29, 1.82) is 0 Å². The summed E-state index contributed by atoms with van der Waals surface area (Å²) in [5.41, 5.74) is 0.911. The molecule has 2 aromatic rings. The summed E-state index contributed by atoms with van der Waals surface area (Å²) in [7, 11) is 0. The summed E-state index contributed by atoms with van der Waals surface area (Å²) >= 11 is 0. The minimum Gasteiger partial charge on any atom is -0.338 e. The van der Waals surface area contributed by atoms with Crippen LogP contribution in [0.2, 0.25) is 0 Å². The molecule has 1 atom stereocenters. The lowest BCUT2D eigenvalue weighted by molar-refractivity contribution is -0.137. The van der Waals surface area contributed by atoms with Crippen molar-refractivity contribution in [2.24, 2.45) is 5.92 Å². The van der Waals surface area contributed by atoms with Gasteiger partial charge in [-0.15, -0.1) is 0 Å². The minimum absolute atomic E-state index is 0.0540. The smallest absolute Gasteiger partial charge is 0.338 e. The van der Waals surface area contributed by atoms with Gasteiger partial charge in [-0.05, 0) is 49.8 Å². The molecule has 144 valence electrons. The van der Waals surface area contributed by atoms with Crippen LogP contribution in [0, 0.1) is 5.92 Å². The molecule has 1 aromatic heterocycles. The average Bonchev–Trinajstić information content (AvgIpc) is 3.38. The van der Waals surface area contributed by atoms with E-state index in [1.165, 1.54) is 16.9 Å². The monoisotopic (exact) mass is 377 g/mol. The summed E-state index contributed by atoms with van der Waals surface area (Å²) in [5, 5.41) is 4.31. The quantitative estimate of drug-likeness (QED) is 0.782. The van der Waals surface area contributed by atoms with Gasteiger partial charge in [0.25, 0.3) is 5.91 Å². The number of halogens is 3. The molecule has 0 spiro atoms. The highest BCUT2D eigenvalue weighted by molar-refractivity contribution is 5.95. The van der Waals surface area contributed by atoms with Crippen molar-refractivity contribution >= 4 is 5.91 Å². The van der Waals surface area contributed by atoms with E-state index >= 15 is 0 Å². The number of aromatic nitrogens is 2. The van der Waals surface area contributed by atoms with Crippen LogP contribution in [0.3, 0.4) is 0 Å². The number of likely N-dealkylation sites (tertiary alicyclic amines) is 1. The number of carbonyl (C=O) groups excluding carboxylic acids is 1. The predicted molar refractivity (Wildman–Crippen MR) is 94.8 cm³/mol. The van der Waals surface area contributed by atoms with Gasteiger partial charge in [0.15, 0.2) is 0 Å². The first-order chi connectivity index (χ1) is 12.8. The van der Waals surface area contributed by atoms with Crippen molar-refractivity contribution in [3.05, 3.63) is 47.3 Å². The predicted octanol–water partition coefficient (Wildman–Crippen LogP) is 4.64. The van der Waals surface area contributed by atoms with E-state index < -0.39 is 11.7 Å². The fourth-order valence-electron chi connectivity index (χ4n) is 3.84.